The second kappa shape index (κ2) is 5.50. The minimum absolute atomic E-state index is 0.701. The molecule has 1 fully saturated rings. The minimum atomic E-state index is 0.701. The van der Waals surface area contributed by atoms with Gasteiger partial charge < -0.3 is 5.73 Å². The van der Waals surface area contributed by atoms with E-state index < -0.39 is 0 Å². The fourth-order valence-corrected chi connectivity index (χ4v) is 2.63. The first-order valence-electron chi connectivity index (χ1n) is 6.56. The Morgan fingerprint density at radius 3 is 2.71 bits per heavy atom. The summed E-state index contributed by atoms with van der Waals surface area (Å²) >= 11 is 0. The van der Waals surface area contributed by atoms with Crippen LogP contribution in [0.1, 0.15) is 38.3 Å². The molecule has 0 aromatic carbocycles. The number of aromatic nitrogens is 1. The summed E-state index contributed by atoms with van der Waals surface area (Å²) in [5.74, 6) is 0.902. The molecule has 0 atom stereocenters. The Hall–Kier alpha value is -1.09. The maximum absolute atomic E-state index is 5.93. The van der Waals surface area contributed by atoms with E-state index >= 15 is 0 Å². The Morgan fingerprint density at radius 1 is 1.35 bits per heavy atom. The lowest BCUT2D eigenvalue weighted by Gasteiger charge is -2.33. The van der Waals surface area contributed by atoms with Crippen molar-refractivity contribution in [2.24, 2.45) is 5.92 Å². The SMILES string of the molecule is CC1CCC(N(C)Cc2ncccc2N)CC1. The number of nitrogens with zero attached hydrogens (tertiary/aromatic N) is 2. The molecule has 2 rings (SSSR count). The molecule has 94 valence electrons. The normalized spacial score (nSPS) is 25.1. The van der Waals surface area contributed by atoms with Crippen LogP contribution in [0.5, 0.6) is 0 Å². The maximum atomic E-state index is 5.93. The van der Waals surface area contributed by atoms with Gasteiger partial charge in [-0.3, -0.25) is 9.88 Å². The summed E-state index contributed by atoms with van der Waals surface area (Å²) in [6.45, 7) is 3.22. The van der Waals surface area contributed by atoms with Crippen LogP contribution in [0.15, 0.2) is 18.3 Å². The van der Waals surface area contributed by atoms with Crippen molar-refractivity contribution in [2.75, 3.05) is 12.8 Å². The van der Waals surface area contributed by atoms with Crippen molar-refractivity contribution in [2.45, 2.75) is 45.2 Å². The highest BCUT2D eigenvalue weighted by Crippen LogP contribution is 2.27. The Bertz CT molecular complexity index is 356. The lowest BCUT2D eigenvalue weighted by Crippen LogP contribution is -2.34. The predicted octanol–water partition coefficient (Wildman–Crippen LogP) is 2.67. The molecule has 3 nitrogen and oxygen atoms in total. The van der Waals surface area contributed by atoms with E-state index in [4.69, 9.17) is 5.73 Å². The van der Waals surface area contributed by atoms with Crippen LogP contribution in [0.25, 0.3) is 0 Å². The number of nitrogen functional groups attached to an aromatic ring is 1. The molecule has 1 aromatic rings. The molecular weight excluding hydrogens is 210 g/mol. The average molecular weight is 233 g/mol. The average Bonchev–Trinajstić information content (AvgIpc) is 2.33. The number of hydrogen-bond acceptors (Lipinski definition) is 3. The predicted molar refractivity (Wildman–Crippen MR) is 71.5 cm³/mol. The molecule has 1 aliphatic carbocycles. The third-order valence-electron chi connectivity index (χ3n) is 3.93. The summed E-state index contributed by atoms with van der Waals surface area (Å²) in [5.41, 5.74) is 7.75. The maximum Gasteiger partial charge on any atom is 0.0772 e. The topological polar surface area (TPSA) is 42.2 Å². The first kappa shape index (κ1) is 12.4. The second-order valence-corrected chi connectivity index (χ2v) is 5.37. The van der Waals surface area contributed by atoms with E-state index in [1.807, 2.05) is 18.3 Å². The van der Waals surface area contributed by atoms with Crippen LogP contribution in [-0.2, 0) is 6.54 Å². The first-order valence-corrected chi connectivity index (χ1v) is 6.56. The zero-order chi connectivity index (χ0) is 12.3. The van der Waals surface area contributed by atoms with Gasteiger partial charge in [0.15, 0.2) is 0 Å². The molecule has 0 amide bonds. The van der Waals surface area contributed by atoms with Crippen LogP contribution in [0, 0.1) is 5.92 Å². The standard InChI is InChI=1S/C14H23N3/c1-11-5-7-12(8-6-11)17(2)10-14-13(15)4-3-9-16-14/h3-4,9,11-12H,5-8,10,15H2,1-2H3. The third kappa shape index (κ3) is 3.19. The monoisotopic (exact) mass is 233 g/mol. The molecule has 0 radical (unpaired) electrons. The Kier molecular flexibility index (Phi) is 4.00. The second-order valence-electron chi connectivity index (χ2n) is 5.37. The van der Waals surface area contributed by atoms with E-state index in [-0.39, 0.29) is 0 Å². The molecule has 1 heterocycles. The molecule has 17 heavy (non-hydrogen) atoms. The van der Waals surface area contributed by atoms with Crippen LogP contribution in [0.2, 0.25) is 0 Å². The zero-order valence-corrected chi connectivity index (χ0v) is 10.9. The molecule has 2 N–H and O–H groups in total. The van der Waals surface area contributed by atoms with Gasteiger partial charge in [-0.05, 0) is 50.8 Å². The molecule has 1 aromatic heterocycles. The van der Waals surface area contributed by atoms with Gasteiger partial charge in [0.2, 0.25) is 0 Å². The van der Waals surface area contributed by atoms with Gasteiger partial charge in [-0.25, -0.2) is 0 Å². The highest BCUT2D eigenvalue weighted by Gasteiger charge is 2.22. The molecule has 1 saturated carbocycles. The lowest BCUT2D eigenvalue weighted by molar-refractivity contribution is 0.162. The van der Waals surface area contributed by atoms with Crippen LogP contribution < -0.4 is 5.73 Å². The number of rotatable bonds is 3. The van der Waals surface area contributed by atoms with E-state index in [0.29, 0.717) is 6.04 Å². The highest BCUT2D eigenvalue weighted by atomic mass is 15.1. The summed E-state index contributed by atoms with van der Waals surface area (Å²) in [7, 11) is 2.19. The van der Waals surface area contributed by atoms with Gasteiger partial charge in [-0.1, -0.05) is 6.92 Å². The van der Waals surface area contributed by atoms with Gasteiger partial charge in [-0.2, -0.15) is 0 Å². The number of anilines is 1. The van der Waals surface area contributed by atoms with Gasteiger partial charge in [-0.15, -0.1) is 0 Å². The van der Waals surface area contributed by atoms with Crippen molar-refractivity contribution in [1.29, 1.82) is 0 Å². The first-order chi connectivity index (χ1) is 8.16. The van der Waals surface area contributed by atoms with Crippen molar-refractivity contribution in [1.82, 2.24) is 9.88 Å². The van der Waals surface area contributed by atoms with Gasteiger partial charge >= 0.3 is 0 Å². The number of nitrogens with two attached hydrogens (primary N) is 1. The lowest BCUT2D eigenvalue weighted by atomic mass is 9.87. The smallest absolute Gasteiger partial charge is 0.0772 e. The summed E-state index contributed by atoms with van der Waals surface area (Å²) in [4.78, 5) is 6.77. The number of hydrogen-bond donors (Lipinski definition) is 1. The minimum Gasteiger partial charge on any atom is -0.397 e. The van der Waals surface area contributed by atoms with E-state index in [1.165, 1.54) is 25.7 Å². The van der Waals surface area contributed by atoms with E-state index in [2.05, 4.69) is 23.9 Å². The third-order valence-corrected chi connectivity index (χ3v) is 3.93. The van der Waals surface area contributed by atoms with Gasteiger partial charge in [0, 0.05) is 18.8 Å². The largest absolute Gasteiger partial charge is 0.397 e. The quantitative estimate of drug-likeness (QED) is 0.872. The van der Waals surface area contributed by atoms with Crippen molar-refractivity contribution in [3.8, 4) is 0 Å². The summed E-state index contributed by atoms with van der Waals surface area (Å²) < 4.78 is 0. The van der Waals surface area contributed by atoms with Gasteiger partial charge in [0.1, 0.15) is 0 Å². The fourth-order valence-electron chi connectivity index (χ4n) is 2.63. The van der Waals surface area contributed by atoms with Crippen molar-refractivity contribution in [3.63, 3.8) is 0 Å². The van der Waals surface area contributed by atoms with Crippen LogP contribution in [0.3, 0.4) is 0 Å². The Morgan fingerprint density at radius 2 is 2.06 bits per heavy atom. The molecule has 0 unspecified atom stereocenters. The summed E-state index contributed by atoms with van der Waals surface area (Å²) in [5, 5.41) is 0. The van der Waals surface area contributed by atoms with Crippen molar-refractivity contribution < 1.29 is 0 Å². The highest BCUT2D eigenvalue weighted by molar-refractivity contribution is 5.41. The zero-order valence-electron chi connectivity index (χ0n) is 10.9. The number of pyridine rings is 1. The molecule has 1 aliphatic rings. The summed E-state index contributed by atoms with van der Waals surface area (Å²) in [6.07, 6.45) is 7.15. The van der Waals surface area contributed by atoms with Crippen LogP contribution in [0.4, 0.5) is 5.69 Å². The molecule has 0 spiro atoms. The van der Waals surface area contributed by atoms with E-state index in [1.54, 1.807) is 0 Å². The van der Waals surface area contributed by atoms with Crippen LogP contribution >= 0.6 is 0 Å². The van der Waals surface area contributed by atoms with E-state index in [9.17, 15) is 0 Å². The Labute approximate surface area is 104 Å². The van der Waals surface area contributed by atoms with Crippen molar-refractivity contribution >= 4 is 5.69 Å². The van der Waals surface area contributed by atoms with Gasteiger partial charge in [0.25, 0.3) is 0 Å². The van der Waals surface area contributed by atoms with E-state index in [0.717, 1.165) is 23.8 Å². The van der Waals surface area contributed by atoms with Crippen molar-refractivity contribution in [3.05, 3.63) is 24.0 Å². The summed E-state index contributed by atoms with van der Waals surface area (Å²) in [6, 6.07) is 4.52. The molecule has 0 bridgehead atoms. The molecule has 0 saturated heterocycles. The molecule has 3 heteroatoms. The molecular formula is C14H23N3. The van der Waals surface area contributed by atoms with Gasteiger partial charge in [0.05, 0.1) is 11.4 Å². The van der Waals surface area contributed by atoms with Crippen LogP contribution in [-0.4, -0.2) is 23.0 Å². The Balaban J connectivity index is 1.93. The fraction of sp³-hybridized carbons (Fsp3) is 0.643. The molecule has 0 aliphatic heterocycles.